The van der Waals surface area contributed by atoms with Gasteiger partial charge in [-0.25, -0.2) is 9.48 Å². The van der Waals surface area contributed by atoms with Gasteiger partial charge in [-0.15, -0.1) is 0 Å². The Kier molecular flexibility index (Phi) is 9.95. The van der Waals surface area contributed by atoms with E-state index in [1.54, 1.807) is 9.58 Å². The van der Waals surface area contributed by atoms with E-state index in [4.69, 9.17) is 5.10 Å². The smallest absolute Gasteiger partial charge is 0.317 e. The number of carbonyl (C=O) groups excluding carboxylic acids is 2. The van der Waals surface area contributed by atoms with Crippen LogP contribution in [0.4, 0.5) is 10.6 Å². The summed E-state index contributed by atoms with van der Waals surface area (Å²) in [5, 5.41) is 10.7. The lowest BCUT2D eigenvalue weighted by Gasteiger charge is -2.22. The van der Waals surface area contributed by atoms with E-state index in [0.29, 0.717) is 18.9 Å². The summed E-state index contributed by atoms with van der Waals surface area (Å²) < 4.78 is 1.77. The lowest BCUT2D eigenvalue weighted by atomic mass is 9.92. The minimum absolute atomic E-state index is 0.00548. The summed E-state index contributed by atoms with van der Waals surface area (Å²) in [4.78, 5) is 27.3. The largest absolute Gasteiger partial charge is 0.338 e. The number of nitrogens with zero attached hydrogens (tertiary/aromatic N) is 3. The van der Waals surface area contributed by atoms with Crippen molar-refractivity contribution in [2.75, 3.05) is 25.0 Å². The number of hydrogen-bond acceptors (Lipinski definition) is 3. The lowest BCUT2D eigenvalue weighted by molar-refractivity contribution is -0.116. The van der Waals surface area contributed by atoms with Crippen LogP contribution in [0.25, 0.3) is 5.69 Å². The summed E-state index contributed by atoms with van der Waals surface area (Å²) in [6.07, 6.45) is 4.89. The number of benzene rings is 1. The van der Waals surface area contributed by atoms with Crippen LogP contribution in [0.2, 0.25) is 0 Å². The van der Waals surface area contributed by atoms with Crippen molar-refractivity contribution in [2.45, 2.75) is 79.1 Å². The Morgan fingerprint density at radius 2 is 1.79 bits per heavy atom. The molecule has 7 nitrogen and oxygen atoms in total. The Hall–Kier alpha value is -2.83. The van der Waals surface area contributed by atoms with Crippen LogP contribution in [0.5, 0.6) is 0 Å². The average Bonchev–Trinajstić information content (AvgIpc) is 3.17. The lowest BCUT2D eigenvalue weighted by Crippen LogP contribution is -2.44. The zero-order valence-electron chi connectivity index (χ0n) is 21.2. The first-order valence-corrected chi connectivity index (χ1v) is 12.2. The first kappa shape index (κ1) is 26.4. The fourth-order valence-electron chi connectivity index (χ4n) is 3.44. The second-order valence-corrected chi connectivity index (χ2v) is 9.68. The molecule has 1 aromatic carbocycles. The van der Waals surface area contributed by atoms with Crippen molar-refractivity contribution in [3.8, 4) is 5.69 Å². The van der Waals surface area contributed by atoms with Gasteiger partial charge in [-0.2, -0.15) is 5.10 Å². The predicted molar refractivity (Wildman–Crippen MR) is 135 cm³/mol. The third-order valence-electron chi connectivity index (χ3n) is 5.45. The van der Waals surface area contributed by atoms with Crippen molar-refractivity contribution in [3.63, 3.8) is 0 Å². The molecule has 0 atom stereocenters. The van der Waals surface area contributed by atoms with Crippen molar-refractivity contribution in [2.24, 2.45) is 0 Å². The second kappa shape index (κ2) is 12.4. The first-order valence-electron chi connectivity index (χ1n) is 12.2. The number of hydrogen-bond donors (Lipinski definition) is 2. The third kappa shape index (κ3) is 8.22. The number of aryl methyl sites for hydroxylation is 1. The first-order chi connectivity index (χ1) is 15.7. The second-order valence-electron chi connectivity index (χ2n) is 9.68. The van der Waals surface area contributed by atoms with E-state index < -0.39 is 0 Å². The maximum absolute atomic E-state index is 13.0. The Labute approximate surface area is 198 Å². The van der Waals surface area contributed by atoms with E-state index in [9.17, 15) is 9.59 Å². The number of amides is 3. The molecule has 3 amide bonds. The number of aromatic nitrogens is 2. The van der Waals surface area contributed by atoms with Crippen molar-refractivity contribution < 1.29 is 9.59 Å². The van der Waals surface area contributed by atoms with Crippen molar-refractivity contribution in [1.29, 1.82) is 0 Å². The number of anilines is 1. The molecule has 2 N–H and O–H groups in total. The number of unbranched alkanes of at least 4 members (excludes halogenated alkanes) is 3. The fraction of sp³-hybridized carbons (Fsp3) is 0.577. The molecule has 0 saturated carbocycles. The van der Waals surface area contributed by atoms with Crippen molar-refractivity contribution in [1.82, 2.24) is 20.0 Å². The van der Waals surface area contributed by atoms with Crippen LogP contribution >= 0.6 is 0 Å². The number of urea groups is 1. The monoisotopic (exact) mass is 455 g/mol. The topological polar surface area (TPSA) is 79.3 Å². The molecular formula is C26H41N5O2. The molecule has 2 aromatic rings. The summed E-state index contributed by atoms with van der Waals surface area (Å²) in [7, 11) is 0. The molecular weight excluding hydrogens is 414 g/mol. The van der Waals surface area contributed by atoms with Gasteiger partial charge in [0.1, 0.15) is 12.4 Å². The van der Waals surface area contributed by atoms with E-state index >= 15 is 0 Å². The fourth-order valence-corrected chi connectivity index (χ4v) is 3.44. The number of nitrogens with one attached hydrogen (secondary N) is 2. The molecule has 33 heavy (non-hydrogen) atoms. The van der Waals surface area contributed by atoms with Gasteiger partial charge in [0.25, 0.3) is 0 Å². The molecule has 0 aliphatic rings. The average molecular weight is 456 g/mol. The molecule has 1 aromatic heterocycles. The van der Waals surface area contributed by atoms with Gasteiger partial charge in [-0.05, 0) is 37.5 Å². The maximum Gasteiger partial charge on any atom is 0.317 e. The van der Waals surface area contributed by atoms with Crippen molar-refractivity contribution in [3.05, 3.63) is 41.6 Å². The summed E-state index contributed by atoms with van der Waals surface area (Å²) in [5.41, 5.74) is 2.72. The van der Waals surface area contributed by atoms with Gasteiger partial charge in [0.05, 0.1) is 11.4 Å². The van der Waals surface area contributed by atoms with E-state index in [1.165, 1.54) is 0 Å². The van der Waals surface area contributed by atoms with Gasteiger partial charge >= 0.3 is 6.03 Å². The predicted octanol–water partition coefficient (Wildman–Crippen LogP) is 5.42. The SMILES string of the molecule is CCCCCN(CC(=O)Nc1cc(C(C)(C)C)nn1-c1cccc(C)c1)C(=O)NCCCC. The van der Waals surface area contributed by atoms with Crippen LogP contribution in [0.15, 0.2) is 30.3 Å². The molecule has 182 valence electrons. The van der Waals surface area contributed by atoms with E-state index in [-0.39, 0.29) is 23.9 Å². The van der Waals surface area contributed by atoms with Gasteiger partial charge in [-0.1, -0.05) is 66.0 Å². The standard InChI is InChI=1S/C26H41N5O2/c1-7-9-11-16-30(25(33)27-15-10-8-2)19-24(32)28-23-18-22(26(4,5)6)29-31(23)21-14-12-13-20(3)17-21/h12-14,17-18H,7-11,15-16,19H2,1-6H3,(H,27,33)(H,28,32). The minimum Gasteiger partial charge on any atom is -0.338 e. The molecule has 0 saturated heterocycles. The minimum atomic E-state index is -0.230. The highest BCUT2D eigenvalue weighted by atomic mass is 16.2. The summed E-state index contributed by atoms with van der Waals surface area (Å²) in [6, 6.07) is 9.75. The van der Waals surface area contributed by atoms with Crippen molar-refractivity contribution >= 4 is 17.8 Å². The molecule has 2 rings (SSSR count). The number of carbonyl (C=O) groups is 2. The summed E-state index contributed by atoms with van der Waals surface area (Å²) in [6.45, 7) is 13.7. The third-order valence-corrected chi connectivity index (χ3v) is 5.45. The Balaban J connectivity index is 2.21. The molecule has 7 heteroatoms. The van der Waals surface area contributed by atoms with Gasteiger partial charge in [-0.3, -0.25) is 4.79 Å². The van der Waals surface area contributed by atoms with Crippen LogP contribution in [0.1, 0.15) is 78.0 Å². The molecule has 0 radical (unpaired) electrons. The van der Waals surface area contributed by atoms with Gasteiger partial charge < -0.3 is 15.5 Å². The number of rotatable bonds is 11. The van der Waals surface area contributed by atoms with E-state index in [0.717, 1.165) is 49.0 Å². The maximum atomic E-state index is 13.0. The highest BCUT2D eigenvalue weighted by molar-refractivity contribution is 5.94. The Morgan fingerprint density at radius 1 is 1.06 bits per heavy atom. The van der Waals surface area contributed by atoms with Crippen LogP contribution in [0, 0.1) is 6.92 Å². The van der Waals surface area contributed by atoms with Gasteiger partial charge in [0.15, 0.2) is 0 Å². The summed E-state index contributed by atoms with van der Waals surface area (Å²) >= 11 is 0. The van der Waals surface area contributed by atoms with Crippen LogP contribution in [-0.4, -0.2) is 46.3 Å². The quantitative estimate of drug-likeness (QED) is 0.444. The van der Waals surface area contributed by atoms with Crippen LogP contribution < -0.4 is 10.6 Å². The van der Waals surface area contributed by atoms with E-state index in [2.05, 4.69) is 45.3 Å². The molecule has 0 aliphatic heterocycles. The molecule has 1 heterocycles. The molecule has 0 aliphatic carbocycles. The molecule has 0 unspecified atom stereocenters. The molecule has 0 bridgehead atoms. The van der Waals surface area contributed by atoms with Gasteiger partial charge in [0, 0.05) is 24.6 Å². The van der Waals surface area contributed by atoms with Crippen LogP contribution in [-0.2, 0) is 10.2 Å². The Morgan fingerprint density at radius 3 is 2.42 bits per heavy atom. The van der Waals surface area contributed by atoms with E-state index in [1.807, 2.05) is 37.3 Å². The zero-order valence-corrected chi connectivity index (χ0v) is 21.2. The molecule has 0 fully saturated rings. The zero-order chi connectivity index (χ0) is 24.4. The highest BCUT2D eigenvalue weighted by Gasteiger charge is 2.23. The Bertz CT molecular complexity index is 914. The summed E-state index contributed by atoms with van der Waals surface area (Å²) in [5.74, 6) is 0.377. The highest BCUT2D eigenvalue weighted by Crippen LogP contribution is 2.26. The normalized spacial score (nSPS) is 11.3. The van der Waals surface area contributed by atoms with Gasteiger partial charge in [0.2, 0.25) is 5.91 Å². The molecule has 0 spiro atoms. The van der Waals surface area contributed by atoms with Crippen LogP contribution in [0.3, 0.4) is 0 Å².